The molecule has 0 radical (unpaired) electrons. The second kappa shape index (κ2) is 4.71. The molecule has 0 aromatic heterocycles. The minimum Gasteiger partial charge on any atom is -0.444 e. The fourth-order valence-electron chi connectivity index (χ4n) is 2.96. The summed E-state index contributed by atoms with van der Waals surface area (Å²) >= 11 is 4.56. The summed E-state index contributed by atoms with van der Waals surface area (Å²) in [5, 5.41) is 0.523. The summed E-state index contributed by atoms with van der Waals surface area (Å²) in [5.74, 6) is 0.638. The average Bonchev–Trinajstić information content (AvgIpc) is 2.57. The third-order valence-corrected chi connectivity index (χ3v) is 4.15. The monoisotopic (exact) mass is 257 g/mol. The Labute approximate surface area is 109 Å². The first-order valence-corrected chi connectivity index (χ1v) is 7.06. The number of hydrogen-bond donors (Lipinski definition) is 1. The second-order valence-corrected chi connectivity index (χ2v) is 6.99. The summed E-state index contributed by atoms with van der Waals surface area (Å²) in [6.45, 7) is 6.61. The summed E-state index contributed by atoms with van der Waals surface area (Å²) in [6, 6.07) is 0.397. The highest BCUT2D eigenvalue weighted by molar-refractivity contribution is 7.80. The molecular formula is C13H23NO2S. The van der Waals surface area contributed by atoms with E-state index in [1.54, 1.807) is 0 Å². The van der Waals surface area contributed by atoms with Gasteiger partial charge in [-0.1, -0.05) is 0 Å². The molecule has 3 nitrogen and oxygen atoms in total. The number of hydrogen-bond acceptors (Lipinski definition) is 3. The number of thiol groups is 1. The molecule has 0 aromatic rings. The summed E-state index contributed by atoms with van der Waals surface area (Å²) in [6.07, 6.45) is 4.32. The van der Waals surface area contributed by atoms with Crippen LogP contribution in [0.25, 0.3) is 0 Å². The zero-order valence-electron chi connectivity index (χ0n) is 11.0. The molecule has 1 aliphatic carbocycles. The zero-order valence-corrected chi connectivity index (χ0v) is 11.9. The van der Waals surface area contributed by atoms with Gasteiger partial charge in [0.1, 0.15) is 5.60 Å². The lowest BCUT2D eigenvalue weighted by Gasteiger charge is -2.34. The molecule has 2 rings (SSSR count). The Bertz CT molecular complexity index is 300. The molecule has 0 bridgehead atoms. The minimum absolute atomic E-state index is 0.136. The van der Waals surface area contributed by atoms with E-state index in [0.717, 1.165) is 32.2 Å². The van der Waals surface area contributed by atoms with Gasteiger partial charge in [0.05, 0.1) is 0 Å². The van der Waals surface area contributed by atoms with Gasteiger partial charge in [0.25, 0.3) is 0 Å². The van der Waals surface area contributed by atoms with Crippen molar-refractivity contribution in [3.63, 3.8) is 0 Å². The predicted octanol–water partition coefficient (Wildman–Crippen LogP) is 3.09. The molecule has 98 valence electrons. The smallest absolute Gasteiger partial charge is 0.410 e. The number of fused-ring (bicyclic) bond motifs is 1. The normalized spacial score (nSPS) is 33.4. The summed E-state index contributed by atoms with van der Waals surface area (Å²) < 4.78 is 5.47. The fourth-order valence-corrected chi connectivity index (χ4v) is 3.38. The standard InChI is InChI=1S/C13H23NO2S/c1-13(2,3)16-12(15)14-7-6-9-8-10(17)4-5-11(9)14/h9-11,17H,4-8H2,1-3H3/t9-,10?,11+/m1/s1. The summed E-state index contributed by atoms with van der Waals surface area (Å²) in [7, 11) is 0. The first-order valence-electron chi connectivity index (χ1n) is 6.54. The molecule has 0 spiro atoms. The Kier molecular flexibility index (Phi) is 3.62. The SMILES string of the molecule is CC(C)(C)OC(=O)N1CC[C@@H]2CC(S)CC[C@@H]21. The van der Waals surface area contributed by atoms with Crippen LogP contribution in [0.5, 0.6) is 0 Å². The predicted molar refractivity (Wildman–Crippen MR) is 71.5 cm³/mol. The van der Waals surface area contributed by atoms with Crippen molar-refractivity contribution in [3.8, 4) is 0 Å². The fraction of sp³-hybridized carbons (Fsp3) is 0.923. The molecule has 4 heteroatoms. The van der Waals surface area contributed by atoms with Crippen molar-refractivity contribution >= 4 is 18.7 Å². The molecule has 3 atom stereocenters. The molecule has 1 unspecified atom stereocenters. The van der Waals surface area contributed by atoms with E-state index >= 15 is 0 Å². The van der Waals surface area contributed by atoms with Crippen molar-refractivity contribution in [2.75, 3.05) is 6.54 Å². The molecule has 1 aliphatic heterocycles. The van der Waals surface area contributed by atoms with Crippen molar-refractivity contribution in [2.24, 2.45) is 5.92 Å². The maximum absolute atomic E-state index is 12.1. The maximum Gasteiger partial charge on any atom is 0.410 e. The summed E-state index contributed by atoms with van der Waals surface area (Å²) in [5.41, 5.74) is -0.393. The van der Waals surface area contributed by atoms with E-state index in [1.165, 1.54) is 0 Å². The molecular weight excluding hydrogens is 234 g/mol. The third kappa shape index (κ3) is 3.09. The Morgan fingerprint density at radius 1 is 1.29 bits per heavy atom. The minimum atomic E-state index is -0.393. The van der Waals surface area contributed by atoms with Gasteiger partial charge in [0, 0.05) is 17.8 Å². The van der Waals surface area contributed by atoms with Crippen molar-refractivity contribution in [1.82, 2.24) is 4.90 Å². The largest absolute Gasteiger partial charge is 0.444 e. The van der Waals surface area contributed by atoms with Gasteiger partial charge in [-0.2, -0.15) is 12.6 Å². The molecule has 1 saturated heterocycles. The Balaban J connectivity index is 1.97. The number of amides is 1. The van der Waals surface area contributed by atoms with Crippen LogP contribution in [-0.4, -0.2) is 34.4 Å². The van der Waals surface area contributed by atoms with Crippen molar-refractivity contribution in [2.45, 2.75) is 63.3 Å². The zero-order chi connectivity index (χ0) is 12.6. The van der Waals surface area contributed by atoms with E-state index in [9.17, 15) is 4.79 Å². The molecule has 1 saturated carbocycles. The topological polar surface area (TPSA) is 29.5 Å². The lowest BCUT2D eigenvalue weighted by molar-refractivity contribution is 0.0184. The van der Waals surface area contributed by atoms with Crippen LogP contribution in [0.3, 0.4) is 0 Å². The number of nitrogens with zero attached hydrogens (tertiary/aromatic N) is 1. The number of ether oxygens (including phenoxy) is 1. The molecule has 2 aliphatic rings. The van der Waals surface area contributed by atoms with Gasteiger partial charge < -0.3 is 9.64 Å². The van der Waals surface area contributed by atoms with Crippen LogP contribution in [0.1, 0.15) is 46.5 Å². The Morgan fingerprint density at radius 2 is 2.00 bits per heavy atom. The van der Waals surface area contributed by atoms with Gasteiger partial charge in [-0.25, -0.2) is 4.79 Å². The average molecular weight is 257 g/mol. The van der Waals surface area contributed by atoms with Crippen LogP contribution in [0.2, 0.25) is 0 Å². The first-order chi connectivity index (χ1) is 7.87. The van der Waals surface area contributed by atoms with Gasteiger partial charge >= 0.3 is 6.09 Å². The van der Waals surface area contributed by atoms with Crippen LogP contribution >= 0.6 is 12.6 Å². The maximum atomic E-state index is 12.1. The van der Waals surface area contributed by atoms with Gasteiger partial charge in [-0.3, -0.25) is 0 Å². The van der Waals surface area contributed by atoms with Gasteiger partial charge in [0.2, 0.25) is 0 Å². The second-order valence-electron chi connectivity index (χ2n) is 6.26. The van der Waals surface area contributed by atoms with E-state index < -0.39 is 5.60 Å². The number of likely N-dealkylation sites (tertiary alicyclic amines) is 1. The lowest BCUT2D eigenvalue weighted by Crippen LogP contribution is -2.43. The number of rotatable bonds is 0. The Hall–Kier alpha value is -0.380. The molecule has 0 N–H and O–H groups in total. The lowest BCUT2D eigenvalue weighted by atomic mass is 9.85. The van der Waals surface area contributed by atoms with E-state index in [2.05, 4.69) is 12.6 Å². The van der Waals surface area contributed by atoms with E-state index in [-0.39, 0.29) is 6.09 Å². The highest BCUT2D eigenvalue weighted by Crippen LogP contribution is 2.38. The van der Waals surface area contributed by atoms with E-state index in [0.29, 0.717) is 17.2 Å². The molecule has 2 fully saturated rings. The third-order valence-electron chi connectivity index (χ3n) is 3.68. The first kappa shape index (κ1) is 13.1. The molecule has 0 aromatic carbocycles. The van der Waals surface area contributed by atoms with Gasteiger partial charge in [0.15, 0.2) is 0 Å². The van der Waals surface area contributed by atoms with Crippen molar-refractivity contribution in [1.29, 1.82) is 0 Å². The summed E-state index contributed by atoms with van der Waals surface area (Å²) in [4.78, 5) is 14.0. The highest BCUT2D eigenvalue weighted by atomic mass is 32.1. The van der Waals surface area contributed by atoms with Crippen LogP contribution in [0, 0.1) is 5.92 Å². The van der Waals surface area contributed by atoms with Crippen molar-refractivity contribution < 1.29 is 9.53 Å². The van der Waals surface area contributed by atoms with E-state index in [1.807, 2.05) is 25.7 Å². The highest BCUT2D eigenvalue weighted by Gasteiger charge is 2.41. The number of carbonyl (C=O) groups excluding carboxylic acids is 1. The molecule has 17 heavy (non-hydrogen) atoms. The van der Waals surface area contributed by atoms with Gasteiger partial charge in [-0.05, 0) is 52.4 Å². The van der Waals surface area contributed by atoms with Crippen LogP contribution in [0.4, 0.5) is 4.79 Å². The molecule has 1 amide bonds. The van der Waals surface area contributed by atoms with Crippen LogP contribution in [-0.2, 0) is 4.74 Å². The van der Waals surface area contributed by atoms with Crippen molar-refractivity contribution in [3.05, 3.63) is 0 Å². The molecule has 1 heterocycles. The Morgan fingerprint density at radius 3 is 2.65 bits per heavy atom. The van der Waals surface area contributed by atoms with Crippen LogP contribution < -0.4 is 0 Å². The quantitative estimate of drug-likeness (QED) is 0.676. The number of carbonyl (C=O) groups is 1. The van der Waals surface area contributed by atoms with Gasteiger partial charge in [-0.15, -0.1) is 0 Å². The van der Waals surface area contributed by atoms with E-state index in [4.69, 9.17) is 4.74 Å². The van der Waals surface area contributed by atoms with Crippen LogP contribution in [0.15, 0.2) is 0 Å².